The Balaban J connectivity index is 1.93. The summed E-state index contributed by atoms with van der Waals surface area (Å²) in [6.07, 6.45) is 0. The lowest BCUT2D eigenvalue weighted by molar-refractivity contribution is -0.133. The molecule has 1 amide bonds. The van der Waals surface area contributed by atoms with Gasteiger partial charge in [-0.15, -0.1) is 0 Å². The van der Waals surface area contributed by atoms with Gasteiger partial charge in [0.05, 0.1) is 18.0 Å². The highest BCUT2D eigenvalue weighted by atomic mass is 32.1. The number of hydrogen-bond acceptors (Lipinski definition) is 4. The Labute approximate surface area is 130 Å². The van der Waals surface area contributed by atoms with Gasteiger partial charge in [0, 0.05) is 31.9 Å². The van der Waals surface area contributed by atoms with Gasteiger partial charge < -0.3 is 20.3 Å². The number of benzene rings is 1. The average Bonchev–Trinajstić information content (AvgIpc) is 2.53. The van der Waals surface area contributed by atoms with E-state index in [2.05, 4.69) is 4.90 Å². The summed E-state index contributed by atoms with van der Waals surface area (Å²) in [4.78, 5) is 16.5. The van der Waals surface area contributed by atoms with Crippen LogP contribution in [0.25, 0.3) is 0 Å². The zero-order valence-corrected chi connectivity index (χ0v) is 13.2. The number of thiocarbonyl (C=S) groups is 1. The van der Waals surface area contributed by atoms with Gasteiger partial charge in [-0.05, 0) is 31.2 Å². The van der Waals surface area contributed by atoms with Crippen molar-refractivity contribution in [2.24, 2.45) is 11.7 Å². The first-order valence-corrected chi connectivity index (χ1v) is 7.41. The van der Waals surface area contributed by atoms with E-state index in [1.54, 1.807) is 14.0 Å². The van der Waals surface area contributed by atoms with Gasteiger partial charge in [-0.2, -0.15) is 0 Å². The minimum Gasteiger partial charge on any atom is -0.497 e. The number of carbonyl (C=O) groups is 1. The number of piperazine rings is 1. The summed E-state index contributed by atoms with van der Waals surface area (Å²) in [5, 5.41) is 0. The van der Waals surface area contributed by atoms with Crippen LogP contribution in [0.3, 0.4) is 0 Å². The van der Waals surface area contributed by atoms with E-state index in [4.69, 9.17) is 22.7 Å². The van der Waals surface area contributed by atoms with E-state index in [0.717, 1.165) is 24.5 Å². The predicted octanol–water partition coefficient (Wildman–Crippen LogP) is 1.27. The molecular weight excluding hydrogens is 286 g/mol. The van der Waals surface area contributed by atoms with Crippen molar-refractivity contribution in [1.29, 1.82) is 0 Å². The molecule has 0 bridgehead atoms. The van der Waals surface area contributed by atoms with Gasteiger partial charge in [0.25, 0.3) is 0 Å². The number of rotatable bonds is 4. The van der Waals surface area contributed by atoms with Crippen LogP contribution in [0.1, 0.15) is 6.92 Å². The van der Waals surface area contributed by atoms with Crippen LogP contribution < -0.4 is 15.4 Å². The second-order valence-corrected chi connectivity index (χ2v) is 5.61. The third-order valence-electron chi connectivity index (χ3n) is 3.83. The first kappa shape index (κ1) is 15.6. The van der Waals surface area contributed by atoms with Gasteiger partial charge in [0.15, 0.2) is 0 Å². The Morgan fingerprint density at radius 2 is 1.81 bits per heavy atom. The van der Waals surface area contributed by atoms with Crippen molar-refractivity contribution in [2.45, 2.75) is 6.92 Å². The second kappa shape index (κ2) is 6.76. The molecule has 1 aliphatic rings. The summed E-state index contributed by atoms with van der Waals surface area (Å²) < 4.78 is 5.16. The largest absolute Gasteiger partial charge is 0.497 e. The number of ether oxygens (including phenoxy) is 1. The van der Waals surface area contributed by atoms with Gasteiger partial charge in [0.2, 0.25) is 5.91 Å². The molecule has 2 N–H and O–H groups in total. The number of methoxy groups -OCH3 is 1. The SMILES string of the molecule is COc1ccc(N2CCN(C(=O)C(C)C(N)=S)CC2)cc1. The maximum atomic E-state index is 12.2. The van der Waals surface area contributed by atoms with Gasteiger partial charge in [0.1, 0.15) is 5.75 Å². The monoisotopic (exact) mass is 307 g/mol. The van der Waals surface area contributed by atoms with Crippen molar-refractivity contribution in [2.75, 3.05) is 38.2 Å². The first-order valence-electron chi connectivity index (χ1n) is 7.00. The maximum Gasteiger partial charge on any atom is 0.232 e. The minimum atomic E-state index is -0.382. The third kappa shape index (κ3) is 3.64. The summed E-state index contributed by atoms with van der Waals surface area (Å²) in [5.41, 5.74) is 6.69. The van der Waals surface area contributed by atoms with Gasteiger partial charge in [-0.25, -0.2) is 0 Å². The van der Waals surface area contributed by atoms with Crippen molar-refractivity contribution < 1.29 is 9.53 Å². The summed E-state index contributed by atoms with van der Waals surface area (Å²) >= 11 is 4.90. The fourth-order valence-corrected chi connectivity index (χ4v) is 2.47. The quantitative estimate of drug-likeness (QED) is 0.849. The second-order valence-electron chi connectivity index (χ2n) is 5.13. The Kier molecular flexibility index (Phi) is 5.01. The van der Waals surface area contributed by atoms with Crippen molar-refractivity contribution in [3.63, 3.8) is 0 Å². The van der Waals surface area contributed by atoms with E-state index in [1.165, 1.54) is 0 Å². The summed E-state index contributed by atoms with van der Waals surface area (Å²) in [6, 6.07) is 7.96. The molecule has 21 heavy (non-hydrogen) atoms. The summed E-state index contributed by atoms with van der Waals surface area (Å²) in [7, 11) is 1.66. The van der Waals surface area contributed by atoms with Crippen LogP contribution in [0.2, 0.25) is 0 Å². The molecule has 0 spiro atoms. The minimum absolute atomic E-state index is 0.0249. The lowest BCUT2D eigenvalue weighted by atomic mass is 10.1. The lowest BCUT2D eigenvalue weighted by Gasteiger charge is -2.37. The van der Waals surface area contributed by atoms with Crippen LogP contribution in [0.5, 0.6) is 5.75 Å². The molecule has 1 fully saturated rings. The topological polar surface area (TPSA) is 58.8 Å². The maximum absolute atomic E-state index is 12.2. The molecule has 1 heterocycles. The van der Waals surface area contributed by atoms with Gasteiger partial charge in [-0.3, -0.25) is 4.79 Å². The summed E-state index contributed by atoms with van der Waals surface area (Å²) in [6.45, 7) is 4.76. The number of anilines is 1. The molecule has 6 heteroatoms. The van der Waals surface area contributed by atoms with Crippen LogP contribution >= 0.6 is 12.2 Å². The zero-order valence-electron chi connectivity index (χ0n) is 12.4. The number of carbonyl (C=O) groups excluding carboxylic acids is 1. The molecule has 1 aliphatic heterocycles. The standard InChI is InChI=1S/C15H21N3O2S/c1-11(14(16)21)15(19)18-9-7-17(8-10-18)12-3-5-13(20-2)6-4-12/h3-6,11H,7-10H2,1-2H3,(H2,16,21). The highest BCUT2D eigenvalue weighted by Gasteiger charge is 2.26. The van der Waals surface area contributed by atoms with Crippen LogP contribution in [-0.2, 0) is 4.79 Å². The molecule has 1 unspecified atom stereocenters. The fraction of sp³-hybridized carbons (Fsp3) is 0.467. The normalized spacial score (nSPS) is 16.5. The first-order chi connectivity index (χ1) is 10.0. The fourth-order valence-electron chi connectivity index (χ4n) is 2.37. The third-order valence-corrected chi connectivity index (χ3v) is 4.18. The lowest BCUT2D eigenvalue weighted by Crippen LogP contribution is -2.51. The Morgan fingerprint density at radius 3 is 2.29 bits per heavy atom. The Bertz CT molecular complexity index is 510. The van der Waals surface area contributed by atoms with Crippen LogP contribution in [0.15, 0.2) is 24.3 Å². The molecule has 0 radical (unpaired) electrons. The predicted molar refractivity (Wildman–Crippen MR) is 87.7 cm³/mol. The van der Waals surface area contributed by atoms with E-state index in [9.17, 15) is 4.79 Å². The molecule has 0 saturated carbocycles. The molecule has 1 saturated heterocycles. The van der Waals surface area contributed by atoms with E-state index in [1.807, 2.05) is 29.2 Å². The van der Waals surface area contributed by atoms with E-state index < -0.39 is 0 Å². The zero-order chi connectivity index (χ0) is 15.4. The van der Waals surface area contributed by atoms with E-state index >= 15 is 0 Å². The van der Waals surface area contributed by atoms with Crippen LogP contribution in [0.4, 0.5) is 5.69 Å². The number of amides is 1. The smallest absolute Gasteiger partial charge is 0.232 e. The highest BCUT2D eigenvalue weighted by molar-refractivity contribution is 7.80. The van der Waals surface area contributed by atoms with Gasteiger partial charge in [-0.1, -0.05) is 12.2 Å². The molecule has 1 aromatic rings. The van der Waals surface area contributed by atoms with Crippen molar-refractivity contribution >= 4 is 28.8 Å². The number of hydrogen-bond donors (Lipinski definition) is 1. The van der Waals surface area contributed by atoms with Crippen molar-refractivity contribution in [3.8, 4) is 5.75 Å². The number of nitrogens with two attached hydrogens (primary N) is 1. The van der Waals surface area contributed by atoms with Gasteiger partial charge >= 0.3 is 0 Å². The molecule has 5 nitrogen and oxygen atoms in total. The number of nitrogens with zero attached hydrogens (tertiary/aromatic N) is 2. The van der Waals surface area contributed by atoms with Crippen molar-refractivity contribution in [3.05, 3.63) is 24.3 Å². The molecule has 0 aliphatic carbocycles. The highest BCUT2D eigenvalue weighted by Crippen LogP contribution is 2.20. The molecule has 114 valence electrons. The van der Waals surface area contributed by atoms with Crippen LogP contribution in [0, 0.1) is 5.92 Å². The molecule has 2 rings (SSSR count). The molecular formula is C15H21N3O2S. The Morgan fingerprint density at radius 1 is 1.24 bits per heavy atom. The average molecular weight is 307 g/mol. The van der Waals surface area contributed by atoms with Crippen LogP contribution in [-0.4, -0.2) is 49.1 Å². The van der Waals surface area contributed by atoms with E-state index in [0.29, 0.717) is 13.1 Å². The molecule has 1 atom stereocenters. The molecule has 1 aromatic carbocycles. The summed E-state index contributed by atoms with van der Waals surface area (Å²) in [5.74, 6) is 0.488. The molecule has 0 aromatic heterocycles. The van der Waals surface area contributed by atoms with E-state index in [-0.39, 0.29) is 16.8 Å². The van der Waals surface area contributed by atoms with Crippen molar-refractivity contribution in [1.82, 2.24) is 4.90 Å². The Hall–Kier alpha value is -1.82.